The minimum atomic E-state index is -0.900. The molecule has 2 amide bonds. The summed E-state index contributed by atoms with van der Waals surface area (Å²) >= 11 is 0. The molecule has 1 aromatic rings. The zero-order valence-corrected chi connectivity index (χ0v) is 11.3. The molecule has 1 aromatic carbocycles. The lowest BCUT2D eigenvalue weighted by Gasteiger charge is -2.21. The molecule has 0 saturated carbocycles. The lowest BCUT2D eigenvalue weighted by molar-refractivity contribution is -0.120. The van der Waals surface area contributed by atoms with Crippen LogP contribution < -0.4 is 16.4 Å². The van der Waals surface area contributed by atoms with Crippen molar-refractivity contribution in [1.82, 2.24) is 0 Å². The van der Waals surface area contributed by atoms with Crippen LogP contribution in [0, 0.1) is 0 Å². The smallest absolute Gasteiger partial charge is 0.411 e. The third-order valence-corrected chi connectivity index (χ3v) is 2.83. The highest BCUT2D eigenvalue weighted by Gasteiger charge is 2.25. The van der Waals surface area contributed by atoms with Crippen molar-refractivity contribution in [3.63, 3.8) is 0 Å². The van der Waals surface area contributed by atoms with E-state index in [-0.39, 0.29) is 5.91 Å². The number of benzene rings is 1. The summed E-state index contributed by atoms with van der Waals surface area (Å²) in [6.45, 7) is 3.53. The molecular weight excluding hydrogens is 246 g/mol. The fourth-order valence-corrected chi connectivity index (χ4v) is 1.24. The Morgan fingerprint density at radius 2 is 1.68 bits per heavy atom. The molecule has 4 N–H and O–H groups in total. The molecule has 0 aliphatic heterocycles. The fraction of sp³-hybridized carbons (Fsp3) is 0.385. The number of amides is 2. The molecule has 19 heavy (non-hydrogen) atoms. The van der Waals surface area contributed by atoms with Crippen LogP contribution in [0.15, 0.2) is 24.3 Å². The van der Waals surface area contributed by atoms with E-state index in [0.717, 1.165) is 0 Å². The first kappa shape index (κ1) is 15.0. The number of carbonyl (C=O) groups excluding carboxylic acids is 2. The highest BCUT2D eigenvalue weighted by molar-refractivity contribution is 5.97. The molecule has 6 nitrogen and oxygen atoms in total. The summed E-state index contributed by atoms with van der Waals surface area (Å²) < 4.78 is 4.47. The maximum atomic E-state index is 11.8. The lowest BCUT2D eigenvalue weighted by Crippen LogP contribution is -2.47. The molecule has 0 aliphatic carbocycles. The Morgan fingerprint density at radius 1 is 1.21 bits per heavy atom. The fourth-order valence-electron chi connectivity index (χ4n) is 1.24. The van der Waals surface area contributed by atoms with Gasteiger partial charge in [0.1, 0.15) is 0 Å². The molecule has 0 aliphatic rings. The number of hydrogen-bond acceptors (Lipinski definition) is 4. The maximum absolute atomic E-state index is 11.8. The van der Waals surface area contributed by atoms with Crippen LogP contribution in [-0.4, -0.2) is 24.6 Å². The average Bonchev–Trinajstić information content (AvgIpc) is 2.40. The van der Waals surface area contributed by atoms with Gasteiger partial charge >= 0.3 is 6.09 Å². The highest BCUT2D eigenvalue weighted by Crippen LogP contribution is 2.16. The normalized spacial score (nSPS) is 13.3. The molecule has 6 heteroatoms. The van der Waals surface area contributed by atoms with Gasteiger partial charge in [0.2, 0.25) is 5.91 Å². The SMILES string of the molecule is CCC(C)(N)C(=O)Nc1ccc(NC(=O)OC)cc1. The van der Waals surface area contributed by atoms with Gasteiger partial charge in [-0.3, -0.25) is 10.1 Å². The number of ether oxygens (including phenoxy) is 1. The lowest BCUT2D eigenvalue weighted by atomic mass is 9.99. The van der Waals surface area contributed by atoms with Crippen LogP contribution in [0.4, 0.5) is 16.2 Å². The van der Waals surface area contributed by atoms with Gasteiger partial charge in [-0.25, -0.2) is 4.79 Å². The number of nitrogens with two attached hydrogens (primary N) is 1. The van der Waals surface area contributed by atoms with Crippen LogP contribution in [0.2, 0.25) is 0 Å². The first-order valence-electron chi connectivity index (χ1n) is 5.94. The van der Waals surface area contributed by atoms with E-state index in [1.165, 1.54) is 7.11 Å². The molecule has 0 radical (unpaired) electrons. The molecule has 1 unspecified atom stereocenters. The summed E-state index contributed by atoms with van der Waals surface area (Å²) in [6.07, 6.45) is -0.00169. The molecule has 0 aromatic heterocycles. The Hall–Kier alpha value is -2.08. The molecule has 1 atom stereocenters. The van der Waals surface area contributed by atoms with Gasteiger partial charge in [-0.2, -0.15) is 0 Å². The van der Waals surface area contributed by atoms with Crippen molar-refractivity contribution >= 4 is 23.4 Å². The Labute approximate surface area is 112 Å². The number of rotatable bonds is 4. The average molecular weight is 265 g/mol. The molecule has 0 heterocycles. The van der Waals surface area contributed by atoms with Gasteiger partial charge in [-0.05, 0) is 37.6 Å². The van der Waals surface area contributed by atoms with E-state index in [2.05, 4.69) is 15.4 Å². The maximum Gasteiger partial charge on any atom is 0.411 e. The molecule has 0 saturated heterocycles. The van der Waals surface area contributed by atoms with Gasteiger partial charge in [0.25, 0.3) is 0 Å². The molecule has 104 valence electrons. The number of nitrogens with one attached hydrogen (secondary N) is 2. The van der Waals surface area contributed by atoms with Gasteiger partial charge in [0, 0.05) is 11.4 Å². The van der Waals surface area contributed by atoms with Gasteiger partial charge in [-0.15, -0.1) is 0 Å². The second-order valence-corrected chi connectivity index (χ2v) is 4.42. The second-order valence-electron chi connectivity index (χ2n) is 4.42. The molecular formula is C13H19N3O3. The Bertz CT molecular complexity index is 455. The Morgan fingerprint density at radius 3 is 2.11 bits per heavy atom. The zero-order valence-electron chi connectivity index (χ0n) is 11.3. The van der Waals surface area contributed by atoms with Crippen LogP contribution in [0.1, 0.15) is 20.3 Å². The van der Waals surface area contributed by atoms with Crippen molar-refractivity contribution in [2.75, 3.05) is 17.7 Å². The van der Waals surface area contributed by atoms with Crippen LogP contribution in [0.25, 0.3) is 0 Å². The largest absolute Gasteiger partial charge is 0.453 e. The monoisotopic (exact) mass is 265 g/mol. The topological polar surface area (TPSA) is 93.5 Å². The number of anilines is 2. The summed E-state index contributed by atoms with van der Waals surface area (Å²) in [5.41, 5.74) is 6.13. The van der Waals surface area contributed by atoms with Crippen molar-refractivity contribution in [2.24, 2.45) is 5.73 Å². The third-order valence-electron chi connectivity index (χ3n) is 2.83. The first-order valence-corrected chi connectivity index (χ1v) is 5.94. The van der Waals surface area contributed by atoms with Crippen LogP contribution in [0.5, 0.6) is 0 Å². The van der Waals surface area contributed by atoms with E-state index in [4.69, 9.17) is 5.73 Å². The number of hydrogen-bond donors (Lipinski definition) is 3. The number of carbonyl (C=O) groups is 2. The predicted molar refractivity (Wildman–Crippen MR) is 74.0 cm³/mol. The molecule has 0 spiro atoms. The van der Waals surface area contributed by atoms with Crippen LogP contribution in [-0.2, 0) is 9.53 Å². The summed E-state index contributed by atoms with van der Waals surface area (Å²) in [5.74, 6) is -0.247. The van der Waals surface area contributed by atoms with E-state index in [0.29, 0.717) is 17.8 Å². The minimum absolute atomic E-state index is 0.247. The molecule has 1 rings (SSSR count). The first-order chi connectivity index (χ1) is 8.89. The summed E-state index contributed by atoms with van der Waals surface area (Å²) in [5, 5.41) is 5.23. The quantitative estimate of drug-likeness (QED) is 0.775. The van der Waals surface area contributed by atoms with Crippen molar-refractivity contribution < 1.29 is 14.3 Å². The summed E-state index contributed by atoms with van der Waals surface area (Å²) in [7, 11) is 1.29. The van der Waals surface area contributed by atoms with Crippen molar-refractivity contribution in [3.05, 3.63) is 24.3 Å². The predicted octanol–water partition coefficient (Wildman–Crippen LogP) is 1.93. The second kappa shape index (κ2) is 6.19. The Balaban J connectivity index is 2.67. The third kappa shape index (κ3) is 4.26. The van der Waals surface area contributed by atoms with Crippen molar-refractivity contribution in [3.8, 4) is 0 Å². The van der Waals surface area contributed by atoms with Gasteiger partial charge in [0.15, 0.2) is 0 Å². The van der Waals surface area contributed by atoms with E-state index in [9.17, 15) is 9.59 Å². The van der Waals surface area contributed by atoms with Gasteiger partial charge < -0.3 is 15.8 Å². The Kier molecular flexibility index (Phi) is 4.88. The van der Waals surface area contributed by atoms with E-state index < -0.39 is 11.6 Å². The van der Waals surface area contributed by atoms with Crippen LogP contribution >= 0.6 is 0 Å². The van der Waals surface area contributed by atoms with Gasteiger partial charge in [-0.1, -0.05) is 6.92 Å². The minimum Gasteiger partial charge on any atom is -0.453 e. The molecule has 0 fully saturated rings. The van der Waals surface area contributed by atoms with Crippen molar-refractivity contribution in [2.45, 2.75) is 25.8 Å². The van der Waals surface area contributed by atoms with E-state index >= 15 is 0 Å². The van der Waals surface area contributed by atoms with Crippen molar-refractivity contribution in [1.29, 1.82) is 0 Å². The standard InChI is InChI=1S/C13H19N3O3/c1-4-13(2,14)11(17)15-9-5-7-10(8-6-9)16-12(18)19-3/h5-8H,4,14H2,1-3H3,(H,15,17)(H,16,18). The zero-order chi connectivity index (χ0) is 14.5. The molecule has 0 bridgehead atoms. The van der Waals surface area contributed by atoms with E-state index in [1.54, 1.807) is 31.2 Å². The van der Waals surface area contributed by atoms with Crippen LogP contribution in [0.3, 0.4) is 0 Å². The highest BCUT2D eigenvalue weighted by atomic mass is 16.5. The summed E-state index contributed by atoms with van der Waals surface area (Å²) in [6, 6.07) is 6.67. The summed E-state index contributed by atoms with van der Waals surface area (Å²) in [4.78, 5) is 22.8. The van der Waals surface area contributed by atoms with Gasteiger partial charge in [0.05, 0.1) is 12.6 Å². The van der Waals surface area contributed by atoms with E-state index in [1.807, 2.05) is 6.92 Å². The number of methoxy groups -OCH3 is 1.